The molecule has 0 bridgehead atoms. The van der Waals surface area contributed by atoms with Crippen molar-refractivity contribution in [2.45, 2.75) is 19.3 Å². The molecule has 14 heavy (non-hydrogen) atoms. The zero-order valence-corrected chi connectivity index (χ0v) is 7.85. The van der Waals surface area contributed by atoms with Gasteiger partial charge in [0.1, 0.15) is 0 Å². The number of nitrogens with zero attached hydrogens (tertiary/aromatic N) is 2. The number of rotatable bonds is 1. The third-order valence-corrected chi connectivity index (χ3v) is 2.38. The first kappa shape index (κ1) is 8.94. The van der Waals surface area contributed by atoms with Crippen LogP contribution in [0.5, 0.6) is 0 Å². The fourth-order valence-electron chi connectivity index (χ4n) is 1.66. The van der Waals surface area contributed by atoms with Gasteiger partial charge in [0.2, 0.25) is 0 Å². The molecule has 2 rings (SSSR count). The second kappa shape index (κ2) is 4.05. The molecule has 0 unspecified atom stereocenters. The van der Waals surface area contributed by atoms with Crippen LogP contribution in [0.1, 0.15) is 24.8 Å². The van der Waals surface area contributed by atoms with E-state index >= 15 is 0 Å². The lowest BCUT2D eigenvalue weighted by molar-refractivity contribution is 0.318. The third-order valence-electron chi connectivity index (χ3n) is 2.38. The zero-order chi connectivity index (χ0) is 9.80. The van der Waals surface area contributed by atoms with Crippen LogP contribution in [-0.2, 0) is 0 Å². The lowest BCUT2D eigenvalue weighted by atomic mass is 9.94. The Balaban J connectivity index is 2.31. The van der Waals surface area contributed by atoms with Crippen molar-refractivity contribution < 1.29 is 5.21 Å². The standard InChI is InChI=1S/C11H12N2O/c14-13-11-5-1-3-9(7-11)10-4-2-6-12-8-10/h2,4,6-8,14H,1,3,5H2. The average Bonchev–Trinajstić information content (AvgIpc) is 2.30. The molecule has 0 amide bonds. The van der Waals surface area contributed by atoms with E-state index in [9.17, 15) is 0 Å². The van der Waals surface area contributed by atoms with Crippen LogP contribution in [0, 0.1) is 0 Å². The highest BCUT2D eigenvalue weighted by molar-refractivity contribution is 6.01. The van der Waals surface area contributed by atoms with E-state index in [-0.39, 0.29) is 0 Å². The highest BCUT2D eigenvalue weighted by Crippen LogP contribution is 2.24. The Morgan fingerprint density at radius 1 is 1.36 bits per heavy atom. The molecule has 1 aromatic heterocycles. The first-order chi connectivity index (χ1) is 6.90. The summed E-state index contributed by atoms with van der Waals surface area (Å²) < 4.78 is 0. The van der Waals surface area contributed by atoms with Crippen LogP contribution in [0.2, 0.25) is 0 Å². The summed E-state index contributed by atoms with van der Waals surface area (Å²) in [6.07, 6.45) is 8.48. The van der Waals surface area contributed by atoms with E-state index in [0.29, 0.717) is 0 Å². The van der Waals surface area contributed by atoms with Gasteiger partial charge in [0, 0.05) is 12.4 Å². The SMILES string of the molecule is ON=C1C=C(c2cccnc2)CCC1. The molecule has 0 saturated carbocycles. The van der Waals surface area contributed by atoms with Crippen molar-refractivity contribution in [3.63, 3.8) is 0 Å². The molecule has 0 aromatic carbocycles. The normalized spacial score (nSPS) is 19.4. The van der Waals surface area contributed by atoms with Crippen LogP contribution >= 0.6 is 0 Å². The Labute approximate surface area is 82.8 Å². The number of aromatic nitrogens is 1. The van der Waals surface area contributed by atoms with Crippen molar-refractivity contribution in [1.29, 1.82) is 0 Å². The minimum absolute atomic E-state index is 0.759. The van der Waals surface area contributed by atoms with Gasteiger partial charge in [-0.05, 0) is 42.5 Å². The summed E-state index contributed by atoms with van der Waals surface area (Å²) in [6, 6.07) is 3.94. The second-order valence-corrected chi connectivity index (χ2v) is 3.36. The summed E-state index contributed by atoms with van der Waals surface area (Å²) in [5.41, 5.74) is 3.08. The maximum atomic E-state index is 8.68. The maximum absolute atomic E-state index is 8.68. The van der Waals surface area contributed by atoms with Gasteiger partial charge in [0.15, 0.2) is 0 Å². The summed E-state index contributed by atoms with van der Waals surface area (Å²) in [7, 11) is 0. The van der Waals surface area contributed by atoms with E-state index in [1.807, 2.05) is 24.4 Å². The molecule has 3 nitrogen and oxygen atoms in total. The molecule has 0 aliphatic heterocycles. The topological polar surface area (TPSA) is 45.5 Å². The summed E-state index contributed by atoms with van der Waals surface area (Å²) in [5, 5.41) is 11.9. The van der Waals surface area contributed by atoms with E-state index in [4.69, 9.17) is 5.21 Å². The van der Waals surface area contributed by atoms with E-state index in [1.165, 1.54) is 5.57 Å². The highest BCUT2D eigenvalue weighted by atomic mass is 16.4. The van der Waals surface area contributed by atoms with E-state index in [0.717, 1.165) is 30.5 Å². The van der Waals surface area contributed by atoms with Crippen LogP contribution in [0.25, 0.3) is 5.57 Å². The molecule has 0 radical (unpaired) electrons. The molecule has 0 fully saturated rings. The molecule has 1 aliphatic carbocycles. The minimum Gasteiger partial charge on any atom is -0.411 e. The number of allylic oxidation sites excluding steroid dienone is 2. The Morgan fingerprint density at radius 2 is 2.29 bits per heavy atom. The fraction of sp³-hybridized carbons (Fsp3) is 0.273. The number of hydrogen-bond acceptors (Lipinski definition) is 3. The van der Waals surface area contributed by atoms with E-state index in [1.54, 1.807) is 6.20 Å². The van der Waals surface area contributed by atoms with Crippen molar-refractivity contribution in [1.82, 2.24) is 4.98 Å². The van der Waals surface area contributed by atoms with Gasteiger partial charge >= 0.3 is 0 Å². The van der Waals surface area contributed by atoms with Crippen molar-refractivity contribution in [2.75, 3.05) is 0 Å². The molecule has 1 aromatic rings. The van der Waals surface area contributed by atoms with Crippen molar-refractivity contribution in [3.8, 4) is 0 Å². The van der Waals surface area contributed by atoms with Gasteiger partial charge in [-0.3, -0.25) is 4.98 Å². The Kier molecular flexibility index (Phi) is 2.58. The molecule has 0 atom stereocenters. The number of pyridine rings is 1. The lowest BCUT2D eigenvalue weighted by Gasteiger charge is -2.12. The summed E-state index contributed by atoms with van der Waals surface area (Å²) >= 11 is 0. The molecule has 1 N–H and O–H groups in total. The third kappa shape index (κ3) is 1.82. The molecular weight excluding hydrogens is 176 g/mol. The van der Waals surface area contributed by atoms with Crippen LogP contribution in [0.4, 0.5) is 0 Å². The predicted octanol–water partition coefficient (Wildman–Crippen LogP) is 2.48. The molecular formula is C11H12N2O. The molecule has 1 aliphatic rings. The molecule has 72 valence electrons. The van der Waals surface area contributed by atoms with E-state index < -0.39 is 0 Å². The van der Waals surface area contributed by atoms with Crippen LogP contribution in [-0.4, -0.2) is 15.9 Å². The largest absolute Gasteiger partial charge is 0.411 e. The monoisotopic (exact) mass is 188 g/mol. The Morgan fingerprint density at radius 3 is 3.00 bits per heavy atom. The molecule has 1 heterocycles. The molecule has 0 saturated heterocycles. The molecule has 3 heteroatoms. The van der Waals surface area contributed by atoms with Crippen molar-refractivity contribution in [3.05, 3.63) is 36.2 Å². The number of hydrogen-bond donors (Lipinski definition) is 1. The van der Waals surface area contributed by atoms with Gasteiger partial charge in [-0.2, -0.15) is 0 Å². The van der Waals surface area contributed by atoms with Crippen LogP contribution in [0.3, 0.4) is 0 Å². The first-order valence-electron chi connectivity index (χ1n) is 4.72. The summed E-state index contributed by atoms with van der Waals surface area (Å²) in [6.45, 7) is 0. The van der Waals surface area contributed by atoms with Gasteiger partial charge in [-0.1, -0.05) is 11.2 Å². The highest BCUT2D eigenvalue weighted by Gasteiger charge is 2.10. The van der Waals surface area contributed by atoms with E-state index in [2.05, 4.69) is 10.1 Å². The fourth-order valence-corrected chi connectivity index (χ4v) is 1.66. The Hall–Kier alpha value is -1.64. The van der Waals surface area contributed by atoms with Crippen molar-refractivity contribution in [2.24, 2.45) is 5.16 Å². The van der Waals surface area contributed by atoms with Crippen LogP contribution < -0.4 is 0 Å². The van der Waals surface area contributed by atoms with Gasteiger partial charge < -0.3 is 5.21 Å². The summed E-state index contributed by atoms with van der Waals surface area (Å²) in [5.74, 6) is 0. The molecule has 0 spiro atoms. The predicted molar refractivity (Wildman–Crippen MR) is 55.3 cm³/mol. The quantitative estimate of drug-likeness (QED) is 0.543. The first-order valence-corrected chi connectivity index (χ1v) is 4.72. The van der Waals surface area contributed by atoms with Crippen LogP contribution in [0.15, 0.2) is 35.8 Å². The van der Waals surface area contributed by atoms with Crippen molar-refractivity contribution >= 4 is 11.3 Å². The van der Waals surface area contributed by atoms with Gasteiger partial charge in [0.05, 0.1) is 5.71 Å². The zero-order valence-electron chi connectivity index (χ0n) is 7.85. The van der Waals surface area contributed by atoms with Gasteiger partial charge in [-0.25, -0.2) is 0 Å². The maximum Gasteiger partial charge on any atom is 0.0798 e. The summed E-state index contributed by atoms with van der Waals surface area (Å²) in [4.78, 5) is 4.07. The van der Waals surface area contributed by atoms with Gasteiger partial charge in [0.25, 0.3) is 0 Å². The van der Waals surface area contributed by atoms with Gasteiger partial charge in [-0.15, -0.1) is 0 Å². The second-order valence-electron chi connectivity index (χ2n) is 3.36. The Bertz CT molecular complexity index is 368. The smallest absolute Gasteiger partial charge is 0.0798 e. The minimum atomic E-state index is 0.759. The number of oxime groups is 1. The average molecular weight is 188 g/mol. The lowest BCUT2D eigenvalue weighted by Crippen LogP contribution is -2.02.